The Kier molecular flexibility index (Phi) is 2.82. The number of carbonyl (C=O) groups excluding carboxylic acids is 1. The average molecular weight is 293 g/mol. The summed E-state index contributed by atoms with van der Waals surface area (Å²) in [6.07, 6.45) is 3.64. The van der Waals surface area contributed by atoms with E-state index in [4.69, 9.17) is 5.73 Å². The van der Waals surface area contributed by atoms with Crippen LogP contribution in [0, 0.1) is 5.92 Å². The number of hydrogen-bond acceptors (Lipinski definition) is 4. The van der Waals surface area contributed by atoms with Crippen LogP contribution < -0.4 is 11.1 Å². The first-order chi connectivity index (χ1) is 10.7. The predicted molar refractivity (Wildman–Crippen MR) is 85.1 cm³/mol. The van der Waals surface area contributed by atoms with Gasteiger partial charge in [-0.15, -0.1) is 0 Å². The van der Waals surface area contributed by atoms with Gasteiger partial charge in [0, 0.05) is 17.5 Å². The highest BCUT2D eigenvalue weighted by Gasteiger charge is 2.29. The van der Waals surface area contributed by atoms with E-state index in [-0.39, 0.29) is 11.8 Å². The Bertz CT molecular complexity index is 866. The van der Waals surface area contributed by atoms with E-state index in [1.54, 1.807) is 6.20 Å². The fourth-order valence-electron chi connectivity index (χ4n) is 2.47. The number of nitrogens with one attached hydrogen (secondary N) is 2. The van der Waals surface area contributed by atoms with Crippen LogP contribution >= 0.6 is 0 Å². The largest absolute Gasteiger partial charge is 0.382 e. The number of fused-ring (bicyclic) bond motifs is 1. The molecule has 22 heavy (non-hydrogen) atoms. The van der Waals surface area contributed by atoms with E-state index < -0.39 is 0 Å². The molecule has 1 aliphatic carbocycles. The van der Waals surface area contributed by atoms with Gasteiger partial charge in [-0.1, -0.05) is 6.07 Å². The van der Waals surface area contributed by atoms with Crippen LogP contribution in [-0.2, 0) is 4.79 Å². The number of hydrogen-bond donors (Lipinski definition) is 3. The Morgan fingerprint density at radius 1 is 1.23 bits per heavy atom. The molecular weight excluding hydrogens is 278 g/mol. The molecule has 1 saturated carbocycles. The van der Waals surface area contributed by atoms with E-state index in [0.29, 0.717) is 11.6 Å². The van der Waals surface area contributed by atoms with Crippen molar-refractivity contribution >= 4 is 28.4 Å². The van der Waals surface area contributed by atoms with Crippen molar-refractivity contribution in [3.8, 4) is 11.1 Å². The summed E-state index contributed by atoms with van der Waals surface area (Å²) in [4.78, 5) is 16.0. The third kappa shape index (κ3) is 2.28. The molecule has 6 nitrogen and oxygen atoms in total. The first-order valence-corrected chi connectivity index (χ1v) is 7.21. The Hall–Kier alpha value is -2.89. The number of aromatic amines is 1. The molecule has 0 radical (unpaired) electrons. The second kappa shape index (κ2) is 4.84. The zero-order chi connectivity index (χ0) is 15.1. The molecule has 0 bridgehead atoms. The summed E-state index contributed by atoms with van der Waals surface area (Å²) in [5.74, 6) is 1.27. The van der Waals surface area contributed by atoms with Crippen molar-refractivity contribution in [1.29, 1.82) is 0 Å². The lowest BCUT2D eigenvalue weighted by Gasteiger charge is -2.06. The number of anilines is 2. The summed E-state index contributed by atoms with van der Waals surface area (Å²) < 4.78 is 0. The highest BCUT2D eigenvalue weighted by molar-refractivity contribution is 5.95. The van der Waals surface area contributed by atoms with Gasteiger partial charge in [0.15, 0.2) is 5.82 Å². The van der Waals surface area contributed by atoms with Crippen LogP contribution in [-0.4, -0.2) is 21.1 Å². The molecule has 1 aliphatic rings. The second-order valence-electron chi connectivity index (χ2n) is 5.56. The number of nitrogens with zero attached hydrogens (tertiary/aromatic N) is 2. The highest BCUT2D eigenvalue weighted by atomic mass is 16.2. The normalized spacial score (nSPS) is 14.2. The molecule has 0 spiro atoms. The van der Waals surface area contributed by atoms with Gasteiger partial charge in [-0.05, 0) is 48.2 Å². The fraction of sp³-hybridized carbons (Fsp3) is 0.188. The molecule has 1 aromatic carbocycles. The molecule has 1 amide bonds. The first kappa shape index (κ1) is 12.8. The van der Waals surface area contributed by atoms with Gasteiger partial charge in [-0.3, -0.25) is 9.89 Å². The predicted octanol–water partition coefficient (Wildman–Crippen LogP) is 2.56. The van der Waals surface area contributed by atoms with Gasteiger partial charge in [0.05, 0.1) is 5.52 Å². The number of amides is 1. The van der Waals surface area contributed by atoms with Crippen LogP contribution in [0.25, 0.3) is 22.0 Å². The molecule has 0 atom stereocenters. The number of carbonyl (C=O) groups is 1. The summed E-state index contributed by atoms with van der Waals surface area (Å²) in [7, 11) is 0. The lowest BCUT2D eigenvalue weighted by Crippen LogP contribution is -2.14. The first-order valence-electron chi connectivity index (χ1n) is 7.21. The standard InChI is InChI=1S/C16H15N5O/c17-15-12-7-10(3-4-13(12)20-21-15)11-5-6-18-14(8-11)19-16(22)9-1-2-9/h3-9H,1-2H2,(H3,17,20,21)(H,18,19,22). The van der Waals surface area contributed by atoms with Gasteiger partial charge in [0.25, 0.3) is 0 Å². The van der Waals surface area contributed by atoms with Gasteiger partial charge in [0.2, 0.25) is 5.91 Å². The van der Waals surface area contributed by atoms with Crippen molar-refractivity contribution < 1.29 is 4.79 Å². The number of aromatic nitrogens is 3. The van der Waals surface area contributed by atoms with E-state index in [1.807, 2.05) is 30.3 Å². The molecule has 110 valence electrons. The lowest BCUT2D eigenvalue weighted by atomic mass is 10.0. The van der Waals surface area contributed by atoms with Gasteiger partial charge in [0.1, 0.15) is 5.82 Å². The van der Waals surface area contributed by atoms with Crippen LogP contribution in [0.3, 0.4) is 0 Å². The van der Waals surface area contributed by atoms with E-state index in [9.17, 15) is 4.79 Å². The van der Waals surface area contributed by atoms with Crippen LogP contribution in [0.4, 0.5) is 11.6 Å². The van der Waals surface area contributed by atoms with Gasteiger partial charge >= 0.3 is 0 Å². The SMILES string of the molecule is Nc1n[nH]c2ccc(-c3ccnc(NC(=O)C4CC4)c3)cc12. The summed E-state index contributed by atoms with van der Waals surface area (Å²) >= 11 is 0. The molecule has 4 N–H and O–H groups in total. The van der Waals surface area contributed by atoms with Crippen molar-refractivity contribution in [2.45, 2.75) is 12.8 Å². The van der Waals surface area contributed by atoms with Gasteiger partial charge in [-0.2, -0.15) is 5.10 Å². The van der Waals surface area contributed by atoms with Crippen molar-refractivity contribution in [2.75, 3.05) is 11.1 Å². The van der Waals surface area contributed by atoms with Crippen molar-refractivity contribution in [1.82, 2.24) is 15.2 Å². The molecule has 1 fully saturated rings. The molecular formula is C16H15N5O. The maximum absolute atomic E-state index is 11.8. The van der Waals surface area contributed by atoms with Crippen LogP contribution in [0.2, 0.25) is 0 Å². The Balaban J connectivity index is 1.68. The third-order valence-corrected chi connectivity index (χ3v) is 3.89. The Morgan fingerprint density at radius 2 is 2.05 bits per heavy atom. The minimum atomic E-state index is 0.0548. The molecule has 0 saturated heterocycles. The minimum Gasteiger partial charge on any atom is -0.382 e. The number of nitrogens with two attached hydrogens (primary N) is 1. The Labute approximate surface area is 126 Å². The lowest BCUT2D eigenvalue weighted by molar-refractivity contribution is -0.117. The third-order valence-electron chi connectivity index (χ3n) is 3.89. The zero-order valence-corrected chi connectivity index (χ0v) is 11.8. The summed E-state index contributed by atoms with van der Waals surface area (Å²) in [6, 6.07) is 9.69. The summed E-state index contributed by atoms with van der Waals surface area (Å²) in [5.41, 5.74) is 8.73. The number of H-pyrrole nitrogens is 1. The van der Waals surface area contributed by atoms with E-state index in [0.717, 1.165) is 34.9 Å². The van der Waals surface area contributed by atoms with Crippen molar-refractivity contribution in [3.63, 3.8) is 0 Å². The zero-order valence-electron chi connectivity index (χ0n) is 11.8. The van der Waals surface area contributed by atoms with E-state index >= 15 is 0 Å². The smallest absolute Gasteiger partial charge is 0.228 e. The topological polar surface area (TPSA) is 96.7 Å². The number of pyridine rings is 1. The maximum atomic E-state index is 11.8. The van der Waals surface area contributed by atoms with Crippen molar-refractivity contribution in [3.05, 3.63) is 36.5 Å². The number of benzene rings is 1. The van der Waals surface area contributed by atoms with Crippen molar-refractivity contribution in [2.24, 2.45) is 5.92 Å². The summed E-state index contributed by atoms with van der Waals surface area (Å²) in [5, 5.41) is 10.6. The molecule has 4 rings (SSSR count). The van der Waals surface area contributed by atoms with Gasteiger partial charge in [-0.25, -0.2) is 4.98 Å². The Morgan fingerprint density at radius 3 is 2.86 bits per heavy atom. The van der Waals surface area contributed by atoms with Gasteiger partial charge < -0.3 is 11.1 Å². The average Bonchev–Trinajstić information content (AvgIpc) is 3.32. The molecule has 6 heteroatoms. The minimum absolute atomic E-state index is 0.0548. The second-order valence-corrected chi connectivity index (χ2v) is 5.56. The van der Waals surface area contributed by atoms with E-state index in [2.05, 4.69) is 20.5 Å². The molecule has 2 aromatic heterocycles. The quantitative estimate of drug-likeness (QED) is 0.691. The molecule has 0 aliphatic heterocycles. The number of rotatable bonds is 3. The number of nitrogen functional groups attached to an aromatic ring is 1. The van der Waals surface area contributed by atoms with Crippen LogP contribution in [0.5, 0.6) is 0 Å². The summed E-state index contributed by atoms with van der Waals surface area (Å²) in [6.45, 7) is 0. The molecule has 2 heterocycles. The molecule has 3 aromatic rings. The van der Waals surface area contributed by atoms with E-state index in [1.165, 1.54) is 0 Å². The molecule has 0 unspecified atom stereocenters. The van der Waals surface area contributed by atoms with Crippen LogP contribution in [0.15, 0.2) is 36.5 Å². The monoisotopic (exact) mass is 293 g/mol. The van der Waals surface area contributed by atoms with Crippen LogP contribution in [0.1, 0.15) is 12.8 Å². The maximum Gasteiger partial charge on any atom is 0.228 e. The highest BCUT2D eigenvalue weighted by Crippen LogP contribution is 2.31. The fourth-order valence-corrected chi connectivity index (χ4v) is 2.47.